The van der Waals surface area contributed by atoms with Gasteiger partial charge in [0.25, 0.3) is 0 Å². The van der Waals surface area contributed by atoms with Crippen LogP contribution in [0.1, 0.15) is 9.78 Å². The summed E-state index contributed by atoms with van der Waals surface area (Å²) in [7, 11) is -4.98. The van der Waals surface area contributed by atoms with Crippen LogP contribution in [0, 0.1) is 0 Å². The fraction of sp³-hybridized carbons (Fsp3) is 1.00. The molecule has 0 radical (unpaired) electrons. The van der Waals surface area contributed by atoms with Crippen LogP contribution in [0.25, 0.3) is 0 Å². The largest absolute Gasteiger partial charge is 1.00 e. The van der Waals surface area contributed by atoms with Crippen molar-refractivity contribution in [3.05, 3.63) is 0 Å². The normalized spacial score (nSPS) is 37.4. The van der Waals surface area contributed by atoms with E-state index in [1.54, 1.807) is 0 Å². The zero-order chi connectivity index (χ0) is 10.5. The molecule has 2 unspecified atom stereocenters. The SMILES string of the molecule is CC1C[Si](C)(O)[Si](C)(C)[Si](C)(C)O1.[H-].[H-].[K+].[K+]. The molecule has 15 heavy (non-hydrogen) atoms. The fourth-order valence-electron chi connectivity index (χ4n) is 2.16. The molecule has 0 aromatic heterocycles. The van der Waals surface area contributed by atoms with Crippen molar-refractivity contribution in [2.75, 3.05) is 0 Å². The first-order valence-electron chi connectivity index (χ1n) is 5.00. The second-order valence-electron chi connectivity index (χ2n) is 5.54. The molecule has 2 atom stereocenters. The van der Waals surface area contributed by atoms with Gasteiger partial charge >= 0.3 is 103 Å². The molecule has 0 aromatic rings. The molecule has 1 N–H and O–H groups in total. The monoisotopic (exact) mass is 314 g/mol. The predicted octanol–water partition coefficient (Wildman–Crippen LogP) is -3.72. The van der Waals surface area contributed by atoms with E-state index in [2.05, 4.69) is 39.7 Å². The maximum Gasteiger partial charge on any atom is 1.00 e. The number of hydrogen-bond acceptors (Lipinski definition) is 2. The molecule has 1 fully saturated rings. The molecule has 0 aliphatic carbocycles. The summed E-state index contributed by atoms with van der Waals surface area (Å²) in [6, 6.07) is 0.947. The van der Waals surface area contributed by atoms with E-state index in [0.29, 0.717) is 6.10 Å². The van der Waals surface area contributed by atoms with Crippen molar-refractivity contribution in [2.24, 2.45) is 0 Å². The summed E-state index contributed by atoms with van der Waals surface area (Å²) in [6.07, 6.45) is 0.295. The van der Waals surface area contributed by atoms with Gasteiger partial charge in [-0.15, -0.1) is 0 Å². The Morgan fingerprint density at radius 1 is 1.13 bits per heavy atom. The minimum atomic E-state index is -1.94. The van der Waals surface area contributed by atoms with Crippen molar-refractivity contribution in [1.29, 1.82) is 0 Å². The molecule has 1 aliphatic heterocycles. The first-order chi connectivity index (χ1) is 5.60. The summed E-state index contributed by atoms with van der Waals surface area (Å²) in [4.78, 5) is 10.6. The Morgan fingerprint density at radius 3 is 1.87 bits per heavy atom. The van der Waals surface area contributed by atoms with E-state index >= 15 is 0 Å². The molecule has 0 aromatic carbocycles. The van der Waals surface area contributed by atoms with Crippen LogP contribution in [0.4, 0.5) is 0 Å². The van der Waals surface area contributed by atoms with Gasteiger partial charge in [0.15, 0.2) is 15.7 Å². The van der Waals surface area contributed by atoms with E-state index in [1.165, 1.54) is 0 Å². The van der Waals surface area contributed by atoms with Gasteiger partial charge in [-0.2, -0.15) is 0 Å². The van der Waals surface area contributed by atoms with Crippen molar-refractivity contribution < 1.29 is 115 Å². The minimum absolute atomic E-state index is 0. The van der Waals surface area contributed by atoms with Crippen molar-refractivity contribution in [3.8, 4) is 0 Å². The number of rotatable bonds is 0. The molecule has 0 saturated carbocycles. The maximum absolute atomic E-state index is 10.6. The second kappa shape index (κ2) is 7.03. The van der Waals surface area contributed by atoms with Crippen molar-refractivity contribution in [1.82, 2.24) is 0 Å². The van der Waals surface area contributed by atoms with Gasteiger partial charge < -0.3 is 12.1 Å². The number of hydrogen-bond donors (Lipinski definition) is 1. The van der Waals surface area contributed by atoms with Crippen molar-refractivity contribution in [3.63, 3.8) is 0 Å². The first-order valence-corrected chi connectivity index (χ1v) is 15.6. The van der Waals surface area contributed by atoms with Crippen LogP contribution in [0.5, 0.6) is 0 Å². The van der Waals surface area contributed by atoms with Crippen molar-refractivity contribution in [2.45, 2.75) is 51.8 Å². The zero-order valence-electron chi connectivity index (χ0n) is 13.6. The molecule has 1 saturated heterocycles. The summed E-state index contributed by atoms with van der Waals surface area (Å²) in [5.41, 5.74) is 0. The molecule has 1 aliphatic rings. The molecular formula is C8H24K2O2Si3. The third-order valence-electron chi connectivity index (χ3n) is 4.03. The zero-order valence-corrected chi connectivity index (χ0v) is 20.9. The Morgan fingerprint density at radius 2 is 1.53 bits per heavy atom. The Hall–Kier alpha value is 3.84. The molecule has 0 bridgehead atoms. The van der Waals surface area contributed by atoms with Crippen LogP contribution < -0.4 is 103 Å². The van der Waals surface area contributed by atoms with Crippen LogP contribution in [0.3, 0.4) is 0 Å². The Balaban J connectivity index is -0.000000211. The van der Waals surface area contributed by atoms with Crippen LogP contribution in [-0.2, 0) is 4.43 Å². The van der Waals surface area contributed by atoms with E-state index in [-0.39, 0.29) is 106 Å². The molecule has 82 valence electrons. The minimum Gasteiger partial charge on any atom is -1.00 e. The quantitative estimate of drug-likeness (QED) is 0.466. The van der Waals surface area contributed by atoms with Gasteiger partial charge in [0, 0.05) is 6.10 Å². The standard InChI is InChI=1S/C8H22O2Si3.2K.2H/c1-8-7-13(6,9)12(4,5)11(2,3)10-8;;;;/h8-9H,7H2,1-6H3;;;;/q;2*+1;2*-1. The van der Waals surface area contributed by atoms with Crippen LogP contribution >= 0.6 is 0 Å². The maximum atomic E-state index is 10.6. The van der Waals surface area contributed by atoms with Gasteiger partial charge in [-0.3, -0.25) is 0 Å². The van der Waals surface area contributed by atoms with E-state index in [1.807, 2.05) is 0 Å². The van der Waals surface area contributed by atoms with E-state index < -0.39 is 22.8 Å². The second-order valence-corrected chi connectivity index (χ2v) is 30.8. The van der Waals surface area contributed by atoms with Crippen LogP contribution in [0.15, 0.2) is 0 Å². The van der Waals surface area contributed by atoms with Crippen LogP contribution in [-0.4, -0.2) is 33.7 Å². The van der Waals surface area contributed by atoms with Gasteiger partial charge in [0.1, 0.15) is 0 Å². The van der Waals surface area contributed by atoms with Gasteiger partial charge in [0.2, 0.25) is 0 Å². The summed E-state index contributed by atoms with van der Waals surface area (Å²) in [6.45, 7) is 13.5. The summed E-state index contributed by atoms with van der Waals surface area (Å²) >= 11 is 0. The Bertz CT molecular complexity index is 211. The van der Waals surface area contributed by atoms with Gasteiger partial charge in [-0.1, -0.05) is 13.1 Å². The topological polar surface area (TPSA) is 29.5 Å². The summed E-state index contributed by atoms with van der Waals surface area (Å²) in [5, 5.41) is 0. The summed E-state index contributed by atoms with van der Waals surface area (Å²) in [5.74, 6) is 0. The van der Waals surface area contributed by atoms with Gasteiger partial charge in [0.05, 0.1) is 7.11 Å². The average molecular weight is 315 g/mol. The van der Waals surface area contributed by atoms with E-state index in [0.717, 1.165) is 6.04 Å². The molecule has 7 heteroatoms. The predicted molar refractivity (Wildman–Crippen MR) is 66.4 cm³/mol. The third kappa shape index (κ3) is 4.42. The first kappa shape index (κ1) is 21.1. The Kier molecular flexibility index (Phi) is 9.90. The molecule has 0 amide bonds. The van der Waals surface area contributed by atoms with E-state index in [9.17, 15) is 4.80 Å². The molecule has 1 heterocycles. The average Bonchev–Trinajstić information content (AvgIpc) is 1.80. The molecular weight excluding hydrogens is 291 g/mol. The molecule has 0 spiro atoms. The van der Waals surface area contributed by atoms with E-state index in [4.69, 9.17) is 4.43 Å². The van der Waals surface area contributed by atoms with Crippen LogP contribution in [0.2, 0.25) is 38.8 Å². The van der Waals surface area contributed by atoms with Gasteiger partial charge in [-0.25, -0.2) is 0 Å². The smallest absolute Gasteiger partial charge is 1.00 e. The fourth-order valence-corrected chi connectivity index (χ4v) is 27.6. The Labute approximate surface area is 185 Å². The molecule has 1 rings (SSSR count). The van der Waals surface area contributed by atoms with Crippen molar-refractivity contribution >= 4 is 22.8 Å². The summed E-state index contributed by atoms with van der Waals surface area (Å²) < 4.78 is 6.10. The molecule has 2 nitrogen and oxygen atoms in total. The third-order valence-corrected chi connectivity index (χ3v) is 40.4. The van der Waals surface area contributed by atoms with Gasteiger partial charge in [-0.05, 0) is 32.6 Å².